The molecule has 0 aliphatic heterocycles. The largest absolute Gasteiger partial charge is 0.396 e. The average molecular weight is 300 g/mol. The molecule has 3 nitrogen and oxygen atoms in total. The van der Waals surface area contributed by atoms with Gasteiger partial charge in [-0.05, 0) is 47.8 Å². The number of rotatable bonds is 5. The van der Waals surface area contributed by atoms with Gasteiger partial charge in [0.25, 0.3) is 5.91 Å². The van der Waals surface area contributed by atoms with Crippen LogP contribution >= 0.6 is 15.9 Å². The van der Waals surface area contributed by atoms with Crippen LogP contribution in [0.15, 0.2) is 28.7 Å². The van der Waals surface area contributed by atoms with Gasteiger partial charge in [-0.25, -0.2) is 0 Å². The van der Waals surface area contributed by atoms with E-state index in [0.717, 1.165) is 10.9 Å². The first-order valence-corrected chi connectivity index (χ1v) is 6.49. The van der Waals surface area contributed by atoms with E-state index in [1.54, 1.807) is 6.07 Å². The number of aliphatic hydroxyl groups is 1. The summed E-state index contributed by atoms with van der Waals surface area (Å²) in [6.45, 7) is 4.01. The van der Waals surface area contributed by atoms with Crippen LogP contribution < -0.4 is 5.32 Å². The lowest BCUT2D eigenvalue weighted by atomic mass is 9.94. The van der Waals surface area contributed by atoms with Gasteiger partial charge in [0.15, 0.2) is 0 Å². The third-order valence-electron chi connectivity index (χ3n) is 2.98. The minimum Gasteiger partial charge on any atom is -0.396 e. The molecular weight excluding hydrogens is 282 g/mol. The molecule has 0 aliphatic carbocycles. The molecule has 1 aromatic rings. The monoisotopic (exact) mass is 299 g/mol. The summed E-state index contributed by atoms with van der Waals surface area (Å²) in [4.78, 5) is 12.1. The van der Waals surface area contributed by atoms with Gasteiger partial charge in [0.2, 0.25) is 0 Å². The Balaban J connectivity index is 2.82. The predicted octanol–water partition coefficient (Wildman–Crippen LogP) is 2.73. The Morgan fingerprint density at radius 2 is 2.12 bits per heavy atom. The van der Waals surface area contributed by atoms with Crippen molar-refractivity contribution >= 4 is 21.8 Å². The van der Waals surface area contributed by atoms with Crippen molar-refractivity contribution < 1.29 is 9.90 Å². The smallest absolute Gasteiger partial charge is 0.252 e. The molecule has 1 amide bonds. The summed E-state index contributed by atoms with van der Waals surface area (Å²) in [6, 6.07) is 7.31. The molecule has 0 radical (unpaired) electrons. The molecule has 0 heterocycles. The summed E-state index contributed by atoms with van der Waals surface area (Å²) in [7, 11) is 0. The number of halogens is 1. The Hall–Kier alpha value is -0.870. The predicted molar refractivity (Wildman–Crippen MR) is 72.0 cm³/mol. The van der Waals surface area contributed by atoms with Crippen molar-refractivity contribution in [3.63, 3.8) is 0 Å². The van der Waals surface area contributed by atoms with Crippen molar-refractivity contribution in [2.24, 2.45) is 0 Å². The van der Waals surface area contributed by atoms with Crippen molar-refractivity contribution in [1.82, 2.24) is 5.32 Å². The first-order chi connectivity index (χ1) is 8.02. The molecule has 0 saturated heterocycles. The van der Waals surface area contributed by atoms with Crippen LogP contribution in [-0.4, -0.2) is 23.2 Å². The summed E-state index contributed by atoms with van der Waals surface area (Å²) >= 11 is 3.36. The Bertz CT molecular complexity index is 395. The molecule has 1 unspecified atom stereocenters. The Morgan fingerprint density at radius 1 is 1.47 bits per heavy atom. The molecule has 1 atom stereocenters. The molecule has 0 saturated carbocycles. The van der Waals surface area contributed by atoms with Crippen molar-refractivity contribution in [2.75, 3.05) is 6.61 Å². The second-order valence-corrected chi connectivity index (χ2v) is 5.18. The molecule has 0 aromatic heterocycles. The maximum Gasteiger partial charge on any atom is 0.252 e. The second-order valence-electron chi connectivity index (χ2n) is 4.32. The third-order valence-corrected chi connectivity index (χ3v) is 3.67. The van der Waals surface area contributed by atoms with Crippen LogP contribution in [0.3, 0.4) is 0 Å². The van der Waals surface area contributed by atoms with E-state index in [1.807, 2.05) is 32.0 Å². The summed E-state index contributed by atoms with van der Waals surface area (Å²) in [6.07, 6.45) is 1.34. The molecule has 0 bridgehead atoms. The standard InChI is InChI=1S/C13H18BrNO2/c1-3-13(2,8-9-16)15-12(17)10-6-4-5-7-11(10)14/h4-7,16H,3,8-9H2,1-2H3,(H,15,17). The highest BCUT2D eigenvalue weighted by Gasteiger charge is 2.24. The SMILES string of the molecule is CCC(C)(CCO)NC(=O)c1ccccc1Br. The van der Waals surface area contributed by atoms with Gasteiger partial charge in [0, 0.05) is 16.6 Å². The topological polar surface area (TPSA) is 49.3 Å². The third kappa shape index (κ3) is 3.82. The molecule has 17 heavy (non-hydrogen) atoms. The lowest BCUT2D eigenvalue weighted by Crippen LogP contribution is -2.46. The van der Waals surface area contributed by atoms with Crippen LogP contribution in [0.25, 0.3) is 0 Å². The maximum atomic E-state index is 12.1. The highest BCUT2D eigenvalue weighted by molar-refractivity contribution is 9.10. The van der Waals surface area contributed by atoms with Crippen molar-refractivity contribution in [3.05, 3.63) is 34.3 Å². The van der Waals surface area contributed by atoms with Crippen LogP contribution in [0.1, 0.15) is 37.0 Å². The molecule has 0 spiro atoms. The summed E-state index contributed by atoms with van der Waals surface area (Å²) in [5, 5.41) is 12.0. The van der Waals surface area contributed by atoms with Gasteiger partial charge in [-0.1, -0.05) is 19.1 Å². The van der Waals surface area contributed by atoms with Gasteiger partial charge < -0.3 is 10.4 Å². The van der Waals surface area contributed by atoms with Crippen molar-refractivity contribution in [2.45, 2.75) is 32.2 Å². The van der Waals surface area contributed by atoms with E-state index in [9.17, 15) is 4.79 Å². The fourth-order valence-corrected chi connectivity index (χ4v) is 2.03. The van der Waals surface area contributed by atoms with Crippen molar-refractivity contribution in [3.8, 4) is 0 Å². The molecule has 0 aliphatic rings. The van der Waals surface area contributed by atoms with E-state index >= 15 is 0 Å². The minimum absolute atomic E-state index is 0.0700. The summed E-state index contributed by atoms with van der Waals surface area (Å²) in [5.41, 5.74) is 0.256. The van der Waals surface area contributed by atoms with E-state index in [0.29, 0.717) is 12.0 Å². The van der Waals surface area contributed by atoms with Gasteiger partial charge in [-0.2, -0.15) is 0 Å². The average Bonchev–Trinajstić information content (AvgIpc) is 2.29. The molecule has 4 heteroatoms. The zero-order valence-corrected chi connectivity index (χ0v) is 11.8. The molecule has 94 valence electrons. The van der Waals surface area contributed by atoms with Crippen molar-refractivity contribution in [1.29, 1.82) is 0 Å². The van der Waals surface area contributed by atoms with E-state index in [2.05, 4.69) is 21.2 Å². The molecule has 1 rings (SSSR count). The normalized spacial score (nSPS) is 14.1. The lowest BCUT2D eigenvalue weighted by molar-refractivity contribution is 0.0885. The van der Waals surface area contributed by atoms with E-state index < -0.39 is 0 Å². The van der Waals surface area contributed by atoms with Gasteiger partial charge in [-0.3, -0.25) is 4.79 Å². The molecule has 0 fully saturated rings. The number of carbonyl (C=O) groups excluding carboxylic acids is 1. The van der Waals surface area contributed by atoms with E-state index in [4.69, 9.17) is 5.11 Å². The van der Waals surface area contributed by atoms with Gasteiger partial charge in [-0.15, -0.1) is 0 Å². The summed E-state index contributed by atoms with van der Waals surface area (Å²) < 4.78 is 0.778. The fraction of sp³-hybridized carbons (Fsp3) is 0.462. The van der Waals surface area contributed by atoms with E-state index in [-0.39, 0.29) is 18.1 Å². The highest BCUT2D eigenvalue weighted by atomic mass is 79.9. The van der Waals surface area contributed by atoms with Crippen LogP contribution in [0.2, 0.25) is 0 Å². The number of aliphatic hydroxyl groups excluding tert-OH is 1. The van der Waals surface area contributed by atoms with E-state index in [1.165, 1.54) is 0 Å². The molecule has 2 N–H and O–H groups in total. The van der Waals surface area contributed by atoms with Crippen LogP contribution in [0.5, 0.6) is 0 Å². The Morgan fingerprint density at radius 3 is 2.65 bits per heavy atom. The fourth-order valence-electron chi connectivity index (χ4n) is 1.56. The first-order valence-electron chi connectivity index (χ1n) is 5.70. The first kappa shape index (κ1) is 14.2. The highest BCUT2D eigenvalue weighted by Crippen LogP contribution is 2.19. The Kier molecular flexibility index (Phi) is 5.15. The molecule has 1 aromatic carbocycles. The minimum atomic E-state index is -0.360. The van der Waals surface area contributed by atoms with Crippen LogP contribution in [0.4, 0.5) is 0 Å². The number of hydrogen-bond acceptors (Lipinski definition) is 2. The number of hydrogen-bond donors (Lipinski definition) is 2. The number of carbonyl (C=O) groups is 1. The zero-order chi connectivity index (χ0) is 12.9. The van der Waals surface area contributed by atoms with Crippen LogP contribution in [-0.2, 0) is 0 Å². The second kappa shape index (κ2) is 6.17. The maximum absolute atomic E-state index is 12.1. The Labute approximate surface area is 110 Å². The quantitative estimate of drug-likeness (QED) is 0.878. The van der Waals surface area contributed by atoms with Crippen LogP contribution in [0, 0.1) is 0 Å². The molecular formula is C13H18BrNO2. The number of benzene rings is 1. The summed E-state index contributed by atoms with van der Waals surface area (Å²) in [5.74, 6) is -0.115. The van der Waals surface area contributed by atoms with Gasteiger partial charge >= 0.3 is 0 Å². The number of amides is 1. The lowest BCUT2D eigenvalue weighted by Gasteiger charge is -2.29. The number of nitrogens with one attached hydrogen (secondary N) is 1. The van der Waals surface area contributed by atoms with Gasteiger partial charge in [0.1, 0.15) is 0 Å². The van der Waals surface area contributed by atoms with Gasteiger partial charge in [0.05, 0.1) is 5.56 Å². The zero-order valence-electron chi connectivity index (χ0n) is 10.2.